The average molecular weight is 306 g/mol. The number of aryl methyl sites for hydroxylation is 2. The molecule has 23 heavy (non-hydrogen) atoms. The van der Waals surface area contributed by atoms with Gasteiger partial charge in [0.1, 0.15) is 23.7 Å². The summed E-state index contributed by atoms with van der Waals surface area (Å²) in [5.41, 5.74) is 2.50. The highest BCUT2D eigenvalue weighted by molar-refractivity contribution is 5.30. The minimum atomic E-state index is 0.0917. The Bertz CT molecular complexity index is 638. The Hall–Kier alpha value is -2.22. The van der Waals surface area contributed by atoms with Crippen molar-refractivity contribution in [2.24, 2.45) is 11.8 Å². The van der Waals surface area contributed by atoms with E-state index in [4.69, 9.17) is 9.47 Å². The van der Waals surface area contributed by atoms with Crippen LogP contribution < -0.4 is 9.47 Å². The van der Waals surface area contributed by atoms with Crippen molar-refractivity contribution >= 4 is 0 Å². The van der Waals surface area contributed by atoms with Crippen molar-refractivity contribution < 1.29 is 9.47 Å². The summed E-state index contributed by atoms with van der Waals surface area (Å²) in [6.07, 6.45) is 5.90. The largest absolute Gasteiger partial charge is 0.486 e. The molecule has 0 aromatic heterocycles. The number of hydrogen-bond donors (Lipinski definition) is 0. The fraction of sp³-hybridized carbons (Fsp3) is 0.333. The van der Waals surface area contributed by atoms with Crippen molar-refractivity contribution in [1.82, 2.24) is 0 Å². The van der Waals surface area contributed by atoms with E-state index in [1.807, 2.05) is 24.3 Å². The first-order valence-corrected chi connectivity index (χ1v) is 8.34. The van der Waals surface area contributed by atoms with Gasteiger partial charge in [-0.1, -0.05) is 47.5 Å². The number of ether oxygens (including phenoxy) is 2. The van der Waals surface area contributed by atoms with Gasteiger partial charge in [-0.2, -0.15) is 0 Å². The first kappa shape index (κ1) is 14.4. The highest BCUT2D eigenvalue weighted by Gasteiger charge is 2.47. The highest BCUT2D eigenvalue weighted by Crippen LogP contribution is 2.43. The Balaban J connectivity index is 1.53. The lowest BCUT2D eigenvalue weighted by Gasteiger charge is -2.29. The fourth-order valence-electron chi connectivity index (χ4n) is 3.59. The molecule has 4 atom stereocenters. The van der Waals surface area contributed by atoms with Crippen LogP contribution in [0.2, 0.25) is 0 Å². The maximum atomic E-state index is 6.30. The zero-order valence-electron chi connectivity index (χ0n) is 13.6. The van der Waals surface area contributed by atoms with Gasteiger partial charge in [-0.15, -0.1) is 0 Å². The summed E-state index contributed by atoms with van der Waals surface area (Å²) in [5, 5.41) is 0. The smallest absolute Gasteiger partial charge is 0.142 e. The summed E-state index contributed by atoms with van der Waals surface area (Å²) < 4.78 is 12.6. The molecule has 0 saturated heterocycles. The molecule has 1 fully saturated rings. The Morgan fingerprint density at radius 2 is 1.04 bits per heavy atom. The molecule has 2 heteroatoms. The van der Waals surface area contributed by atoms with Crippen LogP contribution in [0.4, 0.5) is 0 Å². The van der Waals surface area contributed by atoms with Crippen LogP contribution in [-0.2, 0) is 0 Å². The summed E-state index contributed by atoms with van der Waals surface area (Å²) in [4.78, 5) is 0. The van der Waals surface area contributed by atoms with E-state index in [0.717, 1.165) is 17.9 Å². The van der Waals surface area contributed by atoms with Crippen molar-refractivity contribution in [3.05, 3.63) is 71.8 Å². The van der Waals surface area contributed by atoms with E-state index < -0.39 is 0 Å². The summed E-state index contributed by atoms with van der Waals surface area (Å²) in [5.74, 6) is 2.77. The monoisotopic (exact) mass is 306 g/mol. The second-order valence-corrected chi connectivity index (χ2v) is 6.74. The Labute approximate surface area is 137 Å². The molecule has 2 bridgehead atoms. The van der Waals surface area contributed by atoms with E-state index in [2.05, 4.69) is 50.3 Å². The lowest BCUT2D eigenvalue weighted by molar-refractivity contribution is 0.0469. The van der Waals surface area contributed by atoms with Crippen LogP contribution in [0.25, 0.3) is 0 Å². The van der Waals surface area contributed by atoms with Crippen LogP contribution in [0, 0.1) is 25.7 Å². The quantitative estimate of drug-likeness (QED) is 0.762. The molecule has 118 valence electrons. The molecule has 4 rings (SSSR count). The molecule has 2 aromatic carbocycles. The van der Waals surface area contributed by atoms with E-state index in [1.54, 1.807) is 0 Å². The van der Waals surface area contributed by atoms with Gasteiger partial charge in [0.15, 0.2) is 0 Å². The predicted octanol–water partition coefficient (Wildman–Crippen LogP) is 4.70. The molecule has 2 aliphatic rings. The van der Waals surface area contributed by atoms with Crippen LogP contribution >= 0.6 is 0 Å². The van der Waals surface area contributed by atoms with Crippen molar-refractivity contribution in [2.45, 2.75) is 32.5 Å². The lowest BCUT2D eigenvalue weighted by Crippen LogP contribution is -2.39. The second kappa shape index (κ2) is 5.77. The standard InChI is InChI=1S/C21H22O2/c1-14-3-9-18(10-4-14)22-20-16-7-8-17(13-16)21(20)23-19-11-5-15(2)6-12-19/h3-12,16-17,20-21H,13H2,1-2H3/t16-,17+,20+,21-. The summed E-state index contributed by atoms with van der Waals surface area (Å²) in [6.45, 7) is 4.18. The van der Waals surface area contributed by atoms with E-state index in [0.29, 0.717) is 11.8 Å². The third-order valence-corrected chi connectivity index (χ3v) is 4.90. The second-order valence-electron chi connectivity index (χ2n) is 6.74. The van der Waals surface area contributed by atoms with E-state index >= 15 is 0 Å². The molecule has 2 aromatic rings. The van der Waals surface area contributed by atoms with Crippen molar-refractivity contribution in [2.75, 3.05) is 0 Å². The Morgan fingerprint density at radius 1 is 0.652 bits per heavy atom. The molecule has 1 saturated carbocycles. The van der Waals surface area contributed by atoms with E-state index in [9.17, 15) is 0 Å². The van der Waals surface area contributed by atoms with Gasteiger partial charge in [-0.25, -0.2) is 0 Å². The van der Waals surface area contributed by atoms with Gasteiger partial charge in [-0.05, 0) is 44.5 Å². The number of benzene rings is 2. The summed E-state index contributed by atoms with van der Waals surface area (Å²) in [7, 11) is 0. The molecular formula is C21H22O2. The molecule has 2 aliphatic carbocycles. The molecule has 0 unspecified atom stereocenters. The van der Waals surface area contributed by atoms with Gasteiger partial charge in [0.2, 0.25) is 0 Å². The molecule has 0 amide bonds. The van der Waals surface area contributed by atoms with Crippen LogP contribution in [0.15, 0.2) is 60.7 Å². The van der Waals surface area contributed by atoms with Crippen molar-refractivity contribution in [3.8, 4) is 11.5 Å². The average Bonchev–Trinajstić information content (AvgIpc) is 3.14. The topological polar surface area (TPSA) is 18.5 Å². The van der Waals surface area contributed by atoms with Gasteiger partial charge in [-0.3, -0.25) is 0 Å². The Kier molecular flexibility index (Phi) is 3.60. The zero-order valence-corrected chi connectivity index (χ0v) is 13.6. The molecule has 0 spiro atoms. The van der Waals surface area contributed by atoms with E-state index in [-0.39, 0.29) is 12.2 Å². The molecule has 0 aliphatic heterocycles. The highest BCUT2D eigenvalue weighted by atomic mass is 16.5. The van der Waals surface area contributed by atoms with E-state index in [1.165, 1.54) is 11.1 Å². The third kappa shape index (κ3) is 2.86. The molecule has 2 nitrogen and oxygen atoms in total. The normalized spacial score (nSPS) is 28.1. The SMILES string of the molecule is Cc1ccc(O[C@@H]2[C@H](Oc3ccc(C)cc3)[C@H]3C=C[C@@H]2C3)cc1. The van der Waals surface area contributed by atoms with Crippen LogP contribution in [0.5, 0.6) is 11.5 Å². The first-order chi connectivity index (χ1) is 11.2. The third-order valence-electron chi connectivity index (χ3n) is 4.90. The van der Waals surface area contributed by atoms with Gasteiger partial charge < -0.3 is 9.47 Å². The van der Waals surface area contributed by atoms with Crippen molar-refractivity contribution in [1.29, 1.82) is 0 Å². The van der Waals surface area contributed by atoms with Crippen LogP contribution in [0.3, 0.4) is 0 Å². The molecule has 0 radical (unpaired) electrons. The number of fused-ring (bicyclic) bond motifs is 2. The van der Waals surface area contributed by atoms with Gasteiger partial charge >= 0.3 is 0 Å². The minimum Gasteiger partial charge on any atom is -0.486 e. The molecular weight excluding hydrogens is 284 g/mol. The lowest BCUT2D eigenvalue weighted by atomic mass is 10.0. The first-order valence-electron chi connectivity index (χ1n) is 8.34. The summed E-state index contributed by atoms with van der Waals surface area (Å²) in [6, 6.07) is 16.6. The fourth-order valence-corrected chi connectivity index (χ4v) is 3.59. The summed E-state index contributed by atoms with van der Waals surface area (Å²) >= 11 is 0. The van der Waals surface area contributed by atoms with Crippen LogP contribution in [0.1, 0.15) is 17.5 Å². The number of rotatable bonds is 4. The maximum Gasteiger partial charge on any atom is 0.142 e. The maximum absolute atomic E-state index is 6.30. The van der Waals surface area contributed by atoms with Crippen molar-refractivity contribution in [3.63, 3.8) is 0 Å². The Morgan fingerprint density at radius 3 is 1.43 bits per heavy atom. The van der Waals surface area contributed by atoms with Gasteiger partial charge in [0.25, 0.3) is 0 Å². The van der Waals surface area contributed by atoms with Crippen LogP contribution in [-0.4, -0.2) is 12.2 Å². The van der Waals surface area contributed by atoms with Gasteiger partial charge in [0, 0.05) is 11.8 Å². The number of hydrogen-bond acceptors (Lipinski definition) is 2. The molecule has 0 N–H and O–H groups in total. The predicted molar refractivity (Wildman–Crippen MR) is 91.9 cm³/mol. The zero-order chi connectivity index (χ0) is 15.8. The molecule has 0 heterocycles. The minimum absolute atomic E-state index is 0.0917. The van der Waals surface area contributed by atoms with Gasteiger partial charge in [0.05, 0.1) is 0 Å².